The SMILES string of the molecule is CCC1CN(c2ccncc2CCl)CCN1C. The van der Waals surface area contributed by atoms with Gasteiger partial charge in [-0.05, 0) is 19.5 Å². The van der Waals surface area contributed by atoms with Crippen molar-refractivity contribution in [1.82, 2.24) is 9.88 Å². The Balaban J connectivity index is 2.17. The lowest BCUT2D eigenvalue weighted by Crippen LogP contribution is -2.51. The quantitative estimate of drug-likeness (QED) is 0.771. The van der Waals surface area contributed by atoms with Crippen LogP contribution in [0.25, 0.3) is 0 Å². The molecule has 2 rings (SSSR count). The lowest BCUT2D eigenvalue weighted by atomic mass is 10.1. The molecule has 0 aromatic carbocycles. The summed E-state index contributed by atoms with van der Waals surface area (Å²) in [5, 5.41) is 0. The molecular formula is C13H20ClN3. The minimum absolute atomic E-state index is 0.534. The molecule has 0 amide bonds. The Morgan fingerprint density at radius 1 is 1.47 bits per heavy atom. The molecule has 1 atom stereocenters. The Morgan fingerprint density at radius 2 is 2.29 bits per heavy atom. The Labute approximate surface area is 108 Å². The van der Waals surface area contributed by atoms with Crippen LogP contribution in [0.3, 0.4) is 0 Å². The van der Waals surface area contributed by atoms with E-state index in [-0.39, 0.29) is 0 Å². The fourth-order valence-corrected chi connectivity index (χ4v) is 2.64. The van der Waals surface area contributed by atoms with Gasteiger partial charge in [-0.15, -0.1) is 11.6 Å². The second-order valence-electron chi connectivity index (χ2n) is 4.63. The van der Waals surface area contributed by atoms with E-state index >= 15 is 0 Å². The molecule has 0 radical (unpaired) electrons. The summed E-state index contributed by atoms with van der Waals surface area (Å²) in [7, 11) is 2.21. The normalized spacial score (nSPS) is 21.8. The van der Waals surface area contributed by atoms with Crippen LogP contribution in [0, 0.1) is 0 Å². The van der Waals surface area contributed by atoms with E-state index in [2.05, 4.69) is 34.8 Å². The van der Waals surface area contributed by atoms with E-state index in [1.165, 1.54) is 12.1 Å². The van der Waals surface area contributed by atoms with Gasteiger partial charge in [-0.1, -0.05) is 6.92 Å². The van der Waals surface area contributed by atoms with Gasteiger partial charge < -0.3 is 4.90 Å². The number of alkyl halides is 1. The first-order valence-electron chi connectivity index (χ1n) is 6.20. The second-order valence-corrected chi connectivity index (χ2v) is 4.89. The minimum atomic E-state index is 0.534. The second kappa shape index (κ2) is 5.69. The van der Waals surface area contributed by atoms with Crippen LogP contribution >= 0.6 is 11.6 Å². The number of rotatable bonds is 3. The van der Waals surface area contributed by atoms with E-state index in [0.717, 1.165) is 25.2 Å². The fourth-order valence-electron chi connectivity index (χ4n) is 2.44. The molecule has 0 spiro atoms. The van der Waals surface area contributed by atoms with Crippen molar-refractivity contribution in [3.05, 3.63) is 24.0 Å². The molecule has 1 saturated heterocycles. The lowest BCUT2D eigenvalue weighted by Gasteiger charge is -2.40. The third-order valence-electron chi connectivity index (χ3n) is 3.61. The smallest absolute Gasteiger partial charge is 0.0509 e. The van der Waals surface area contributed by atoms with Crippen molar-refractivity contribution in [3.8, 4) is 0 Å². The van der Waals surface area contributed by atoms with E-state index in [0.29, 0.717) is 11.9 Å². The van der Waals surface area contributed by atoms with Crippen LogP contribution < -0.4 is 4.90 Å². The lowest BCUT2D eigenvalue weighted by molar-refractivity contribution is 0.213. The van der Waals surface area contributed by atoms with Crippen LogP contribution in [0.15, 0.2) is 18.5 Å². The molecule has 1 aromatic heterocycles. The molecule has 0 saturated carbocycles. The number of pyridine rings is 1. The molecule has 1 aromatic rings. The zero-order valence-corrected chi connectivity index (χ0v) is 11.3. The summed E-state index contributed by atoms with van der Waals surface area (Å²) in [5.74, 6) is 0.534. The maximum atomic E-state index is 5.97. The monoisotopic (exact) mass is 253 g/mol. The number of anilines is 1. The number of hydrogen-bond donors (Lipinski definition) is 0. The highest BCUT2D eigenvalue weighted by Gasteiger charge is 2.23. The van der Waals surface area contributed by atoms with Crippen LogP contribution in [-0.2, 0) is 5.88 Å². The highest BCUT2D eigenvalue weighted by atomic mass is 35.5. The fraction of sp³-hybridized carbons (Fsp3) is 0.615. The summed E-state index contributed by atoms with van der Waals surface area (Å²) in [6, 6.07) is 2.72. The van der Waals surface area contributed by atoms with Gasteiger partial charge in [-0.25, -0.2) is 0 Å². The van der Waals surface area contributed by atoms with Gasteiger partial charge in [0.15, 0.2) is 0 Å². The molecule has 17 heavy (non-hydrogen) atoms. The van der Waals surface area contributed by atoms with Gasteiger partial charge in [0.2, 0.25) is 0 Å². The summed E-state index contributed by atoms with van der Waals surface area (Å²) in [6.45, 7) is 5.52. The highest BCUT2D eigenvalue weighted by Crippen LogP contribution is 2.24. The highest BCUT2D eigenvalue weighted by molar-refractivity contribution is 6.17. The van der Waals surface area contributed by atoms with E-state index in [1.54, 1.807) is 0 Å². The van der Waals surface area contributed by atoms with Crippen molar-refractivity contribution < 1.29 is 0 Å². The Bertz CT molecular complexity index is 369. The number of aromatic nitrogens is 1. The first kappa shape index (κ1) is 12.7. The molecule has 2 heterocycles. The molecular weight excluding hydrogens is 234 g/mol. The molecule has 0 aliphatic carbocycles. The summed E-state index contributed by atoms with van der Waals surface area (Å²) < 4.78 is 0. The number of halogens is 1. The molecule has 94 valence electrons. The maximum absolute atomic E-state index is 5.97. The van der Waals surface area contributed by atoms with Crippen LogP contribution in [0.4, 0.5) is 5.69 Å². The molecule has 1 fully saturated rings. The Hall–Kier alpha value is -0.800. The van der Waals surface area contributed by atoms with E-state index < -0.39 is 0 Å². The number of piperazine rings is 1. The zero-order chi connectivity index (χ0) is 12.3. The van der Waals surface area contributed by atoms with E-state index in [9.17, 15) is 0 Å². The van der Waals surface area contributed by atoms with Crippen LogP contribution in [-0.4, -0.2) is 42.6 Å². The van der Waals surface area contributed by atoms with Crippen molar-refractivity contribution >= 4 is 17.3 Å². The number of likely N-dealkylation sites (N-methyl/N-ethyl adjacent to an activating group) is 1. The average molecular weight is 254 g/mol. The standard InChI is InChI=1S/C13H20ClN3/c1-3-12-10-17(7-6-16(12)2)13-4-5-15-9-11(13)8-14/h4-5,9,12H,3,6-8,10H2,1-2H3. The summed E-state index contributed by atoms with van der Waals surface area (Å²) in [4.78, 5) is 9.02. The van der Waals surface area contributed by atoms with Crippen molar-refractivity contribution in [1.29, 1.82) is 0 Å². The molecule has 1 unspecified atom stereocenters. The van der Waals surface area contributed by atoms with Gasteiger partial charge in [0.05, 0.1) is 5.88 Å². The third-order valence-corrected chi connectivity index (χ3v) is 3.90. The van der Waals surface area contributed by atoms with Crippen molar-refractivity contribution in [2.24, 2.45) is 0 Å². The topological polar surface area (TPSA) is 19.4 Å². The summed E-state index contributed by atoms with van der Waals surface area (Å²) >= 11 is 5.97. The zero-order valence-electron chi connectivity index (χ0n) is 10.6. The number of nitrogens with zero attached hydrogens (tertiary/aromatic N) is 3. The first-order valence-corrected chi connectivity index (χ1v) is 6.73. The molecule has 1 aliphatic rings. The molecule has 3 nitrogen and oxygen atoms in total. The van der Waals surface area contributed by atoms with Crippen LogP contribution in [0.2, 0.25) is 0 Å². The van der Waals surface area contributed by atoms with Gasteiger partial charge in [0.25, 0.3) is 0 Å². The number of hydrogen-bond acceptors (Lipinski definition) is 3. The van der Waals surface area contributed by atoms with Gasteiger partial charge in [-0.2, -0.15) is 0 Å². The average Bonchev–Trinajstić information content (AvgIpc) is 2.39. The largest absolute Gasteiger partial charge is 0.368 e. The van der Waals surface area contributed by atoms with Gasteiger partial charge in [0.1, 0.15) is 0 Å². The minimum Gasteiger partial charge on any atom is -0.368 e. The first-order chi connectivity index (χ1) is 8.26. The van der Waals surface area contributed by atoms with E-state index in [4.69, 9.17) is 11.6 Å². The Kier molecular flexibility index (Phi) is 4.24. The van der Waals surface area contributed by atoms with E-state index in [1.807, 2.05) is 12.4 Å². The van der Waals surface area contributed by atoms with Crippen LogP contribution in [0.5, 0.6) is 0 Å². The van der Waals surface area contributed by atoms with Gasteiger partial charge >= 0.3 is 0 Å². The molecule has 4 heteroatoms. The van der Waals surface area contributed by atoms with Gasteiger partial charge in [0, 0.05) is 49.3 Å². The summed E-state index contributed by atoms with van der Waals surface area (Å²) in [6.07, 6.45) is 4.92. The van der Waals surface area contributed by atoms with Gasteiger partial charge in [-0.3, -0.25) is 9.88 Å². The Morgan fingerprint density at radius 3 is 3.00 bits per heavy atom. The molecule has 1 aliphatic heterocycles. The van der Waals surface area contributed by atoms with Crippen molar-refractivity contribution in [2.75, 3.05) is 31.6 Å². The molecule has 0 N–H and O–H groups in total. The predicted molar refractivity (Wildman–Crippen MR) is 72.7 cm³/mol. The van der Waals surface area contributed by atoms with Crippen molar-refractivity contribution in [2.45, 2.75) is 25.3 Å². The predicted octanol–water partition coefficient (Wildman–Crippen LogP) is 2.35. The molecule has 0 bridgehead atoms. The third kappa shape index (κ3) is 2.72. The van der Waals surface area contributed by atoms with Crippen LogP contribution in [0.1, 0.15) is 18.9 Å². The maximum Gasteiger partial charge on any atom is 0.0509 e. The van der Waals surface area contributed by atoms with Crippen molar-refractivity contribution in [3.63, 3.8) is 0 Å². The summed E-state index contributed by atoms with van der Waals surface area (Å²) in [5.41, 5.74) is 2.38.